The third kappa shape index (κ3) is 4.09. The predicted molar refractivity (Wildman–Crippen MR) is 110 cm³/mol. The lowest BCUT2D eigenvalue weighted by molar-refractivity contribution is -0.146. The molecule has 0 radical (unpaired) electrons. The van der Waals surface area contributed by atoms with E-state index in [1.165, 1.54) is 19.2 Å². The predicted octanol–water partition coefficient (Wildman–Crippen LogP) is 3.44. The summed E-state index contributed by atoms with van der Waals surface area (Å²) in [5, 5.41) is 0. The topological polar surface area (TPSA) is 93.0 Å². The Morgan fingerprint density at radius 2 is 2.04 bits per heavy atom. The fourth-order valence-electron chi connectivity index (χ4n) is 3.77. The molecule has 3 atom stereocenters. The number of hydrogen-bond acceptors (Lipinski definition) is 6. The molecular weight excluding hydrogens is 398 g/mol. The van der Waals surface area contributed by atoms with Crippen molar-refractivity contribution in [3.8, 4) is 0 Å². The van der Waals surface area contributed by atoms with Gasteiger partial charge in [0, 0.05) is 12.0 Å². The molecule has 2 aliphatic heterocycles. The molecule has 150 valence electrons. The fourth-order valence-corrected chi connectivity index (χ4v) is 6.06. The van der Waals surface area contributed by atoms with Crippen molar-refractivity contribution >= 4 is 34.1 Å². The lowest BCUT2D eigenvalue weighted by Crippen LogP contribution is -2.40. The number of benzene rings is 1. The third-order valence-electron chi connectivity index (χ3n) is 5.26. The molecule has 0 aromatic heterocycles. The quantitative estimate of drug-likeness (QED) is 0.581. The van der Waals surface area contributed by atoms with Crippen LogP contribution in [-0.4, -0.2) is 42.8 Å². The van der Waals surface area contributed by atoms with Gasteiger partial charge in [-0.2, -0.15) is 8.42 Å². The Kier molecular flexibility index (Phi) is 6.12. The third-order valence-corrected chi connectivity index (χ3v) is 7.85. The van der Waals surface area contributed by atoms with Gasteiger partial charge in [-0.25, -0.2) is 0 Å². The SMILES string of the molecule is COC(=O)C1CSC23CC=CC=C2N=CCC13.Cc1ccc(S(=O)(=O)O)cc1. The number of aryl methyl sites for hydroxylation is 1. The zero-order valence-corrected chi connectivity index (χ0v) is 17.4. The minimum absolute atomic E-state index is 0.0200. The van der Waals surface area contributed by atoms with E-state index in [4.69, 9.17) is 9.29 Å². The van der Waals surface area contributed by atoms with E-state index in [1.54, 1.807) is 12.1 Å². The van der Waals surface area contributed by atoms with Gasteiger partial charge in [0.1, 0.15) is 0 Å². The van der Waals surface area contributed by atoms with Crippen molar-refractivity contribution in [1.29, 1.82) is 0 Å². The van der Waals surface area contributed by atoms with Gasteiger partial charge < -0.3 is 4.74 Å². The fraction of sp³-hybridized carbons (Fsp3) is 0.400. The minimum Gasteiger partial charge on any atom is -0.469 e. The first-order valence-electron chi connectivity index (χ1n) is 8.94. The van der Waals surface area contributed by atoms with Gasteiger partial charge in [-0.05, 0) is 43.9 Å². The number of ether oxygens (including phenoxy) is 1. The van der Waals surface area contributed by atoms with Gasteiger partial charge in [-0.3, -0.25) is 14.3 Å². The molecule has 1 aromatic rings. The van der Waals surface area contributed by atoms with Crippen molar-refractivity contribution in [3.05, 3.63) is 53.8 Å². The highest BCUT2D eigenvalue weighted by molar-refractivity contribution is 8.01. The van der Waals surface area contributed by atoms with Crippen LogP contribution in [0.25, 0.3) is 0 Å². The highest BCUT2D eigenvalue weighted by Crippen LogP contribution is 2.57. The summed E-state index contributed by atoms with van der Waals surface area (Å²) in [6.07, 6.45) is 10.2. The second-order valence-electron chi connectivity index (χ2n) is 6.96. The summed E-state index contributed by atoms with van der Waals surface area (Å²) < 4.78 is 34.5. The Morgan fingerprint density at radius 1 is 1.32 bits per heavy atom. The Labute approximate surface area is 169 Å². The lowest BCUT2D eigenvalue weighted by Gasteiger charge is -2.39. The van der Waals surface area contributed by atoms with Crippen LogP contribution in [0, 0.1) is 18.8 Å². The van der Waals surface area contributed by atoms with Gasteiger partial charge in [0.15, 0.2) is 0 Å². The molecule has 3 unspecified atom stereocenters. The number of rotatable bonds is 2. The summed E-state index contributed by atoms with van der Waals surface area (Å²) in [6.45, 7) is 1.84. The van der Waals surface area contributed by atoms with Gasteiger partial charge in [0.2, 0.25) is 0 Å². The van der Waals surface area contributed by atoms with Crippen LogP contribution in [0.1, 0.15) is 18.4 Å². The maximum Gasteiger partial charge on any atom is 0.309 e. The van der Waals surface area contributed by atoms with Gasteiger partial charge in [0.25, 0.3) is 10.1 Å². The van der Waals surface area contributed by atoms with Crippen LogP contribution < -0.4 is 0 Å². The zero-order chi connectivity index (χ0) is 20.4. The number of nitrogens with zero attached hydrogens (tertiary/aromatic N) is 1. The van der Waals surface area contributed by atoms with Crippen molar-refractivity contribution in [1.82, 2.24) is 0 Å². The molecule has 8 heteroatoms. The molecule has 1 aromatic carbocycles. The number of aliphatic imine (C=N–C) groups is 1. The number of allylic oxidation sites excluding steroid dienone is 3. The second kappa shape index (κ2) is 8.23. The largest absolute Gasteiger partial charge is 0.469 e. The second-order valence-corrected chi connectivity index (χ2v) is 9.73. The number of esters is 1. The normalized spacial score (nSPS) is 27.8. The van der Waals surface area contributed by atoms with E-state index in [1.807, 2.05) is 24.9 Å². The molecule has 1 N–H and O–H groups in total. The van der Waals surface area contributed by atoms with Gasteiger partial charge in [0.05, 0.1) is 28.4 Å². The van der Waals surface area contributed by atoms with Crippen molar-refractivity contribution in [2.24, 2.45) is 16.8 Å². The Hall–Kier alpha value is -1.90. The first-order valence-corrected chi connectivity index (χ1v) is 11.4. The van der Waals surface area contributed by atoms with E-state index < -0.39 is 10.1 Å². The van der Waals surface area contributed by atoms with Crippen molar-refractivity contribution in [2.75, 3.05) is 12.9 Å². The van der Waals surface area contributed by atoms with Crippen LogP contribution in [0.3, 0.4) is 0 Å². The van der Waals surface area contributed by atoms with Crippen LogP contribution in [0.4, 0.5) is 0 Å². The van der Waals surface area contributed by atoms with E-state index in [2.05, 4.69) is 23.2 Å². The molecule has 2 heterocycles. The maximum atomic E-state index is 11.8. The summed E-state index contributed by atoms with van der Waals surface area (Å²) in [5.74, 6) is 1.15. The molecule has 0 amide bonds. The Bertz CT molecular complexity index is 934. The number of methoxy groups -OCH3 is 1. The molecular formula is C20H23NO5S2. The lowest BCUT2D eigenvalue weighted by atomic mass is 9.74. The first kappa shape index (κ1) is 20.8. The summed E-state index contributed by atoms with van der Waals surface area (Å²) in [6, 6.07) is 5.99. The summed E-state index contributed by atoms with van der Waals surface area (Å²) in [4.78, 5) is 16.3. The van der Waals surface area contributed by atoms with Gasteiger partial charge in [-0.15, -0.1) is 11.8 Å². The van der Waals surface area contributed by atoms with Crippen LogP contribution in [0.15, 0.2) is 58.1 Å². The Morgan fingerprint density at radius 3 is 2.68 bits per heavy atom. The number of hydrogen-bond donors (Lipinski definition) is 1. The van der Waals surface area contributed by atoms with Crippen LogP contribution in [-0.2, 0) is 19.6 Å². The number of carbonyl (C=O) groups is 1. The minimum atomic E-state index is -4.02. The van der Waals surface area contributed by atoms with Crippen LogP contribution in [0.2, 0.25) is 0 Å². The molecule has 3 aliphatic rings. The molecule has 28 heavy (non-hydrogen) atoms. The van der Waals surface area contributed by atoms with E-state index in [9.17, 15) is 13.2 Å². The monoisotopic (exact) mass is 421 g/mol. The highest BCUT2D eigenvalue weighted by Gasteiger charge is 2.54. The van der Waals surface area contributed by atoms with Crippen molar-refractivity contribution < 1.29 is 22.5 Å². The summed E-state index contributed by atoms with van der Waals surface area (Å²) >= 11 is 1.88. The van der Waals surface area contributed by atoms with E-state index in [0.29, 0.717) is 5.92 Å². The maximum absolute atomic E-state index is 11.8. The smallest absolute Gasteiger partial charge is 0.309 e. The van der Waals surface area contributed by atoms with Crippen molar-refractivity contribution in [3.63, 3.8) is 0 Å². The molecule has 1 spiro atoms. The zero-order valence-electron chi connectivity index (χ0n) is 15.7. The average molecular weight is 422 g/mol. The van der Waals surface area contributed by atoms with Gasteiger partial charge >= 0.3 is 5.97 Å². The van der Waals surface area contributed by atoms with E-state index >= 15 is 0 Å². The molecule has 6 nitrogen and oxygen atoms in total. The summed E-state index contributed by atoms with van der Waals surface area (Å²) in [5.41, 5.74) is 2.09. The van der Waals surface area contributed by atoms with E-state index in [0.717, 1.165) is 29.9 Å². The molecule has 0 saturated carbocycles. The highest BCUT2D eigenvalue weighted by atomic mass is 32.2. The van der Waals surface area contributed by atoms with Gasteiger partial charge in [-0.1, -0.05) is 29.8 Å². The molecule has 4 rings (SSSR count). The molecule has 1 fully saturated rings. The Balaban J connectivity index is 0.000000178. The average Bonchev–Trinajstić information content (AvgIpc) is 3.05. The van der Waals surface area contributed by atoms with Crippen LogP contribution in [0.5, 0.6) is 0 Å². The van der Waals surface area contributed by atoms with E-state index in [-0.39, 0.29) is 21.5 Å². The molecule has 0 bridgehead atoms. The molecule has 1 aliphatic carbocycles. The standard InChI is InChI=1S/C13H15NO2S.C7H8O3S/c1-16-12(15)9-8-17-13-6-3-2-4-11(13)14-7-5-10(9)13;1-6-2-4-7(5-3-6)11(8,9)10/h2-4,7,9-10H,5-6,8H2,1H3;2-5H,1H3,(H,8,9,10). The molecule has 1 saturated heterocycles. The van der Waals surface area contributed by atoms with Crippen LogP contribution >= 0.6 is 11.8 Å². The first-order chi connectivity index (χ1) is 13.3. The summed E-state index contributed by atoms with van der Waals surface area (Å²) in [7, 11) is -2.54. The number of thioether (sulfide) groups is 1. The number of carbonyl (C=O) groups excluding carboxylic acids is 1. The van der Waals surface area contributed by atoms with Crippen molar-refractivity contribution in [2.45, 2.75) is 29.4 Å².